The average Bonchev–Trinajstić information content (AvgIpc) is 2.70. The minimum Gasteiger partial charge on any atom is -0.481 e. The number of nitrogens with one attached hydrogen (secondary N) is 1. The highest BCUT2D eigenvalue weighted by atomic mass is 19.1. The van der Waals surface area contributed by atoms with Gasteiger partial charge in [-0.3, -0.25) is 14.3 Å². The van der Waals surface area contributed by atoms with E-state index in [1.54, 1.807) is 4.68 Å². The first-order valence-electron chi connectivity index (χ1n) is 6.66. The van der Waals surface area contributed by atoms with Crippen molar-refractivity contribution in [1.29, 1.82) is 0 Å². The van der Waals surface area contributed by atoms with Crippen LogP contribution in [0.5, 0.6) is 0 Å². The van der Waals surface area contributed by atoms with Gasteiger partial charge in [0, 0.05) is 11.4 Å². The van der Waals surface area contributed by atoms with Crippen molar-refractivity contribution in [2.45, 2.75) is 26.8 Å². The van der Waals surface area contributed by atoms with Gasteiger partial charge in [-0.2, -0.15) is 5.10 Å². The van der Waals surface area contributed by atoms with Crippen LogP contribution in [0.4, 0.5) is 10.1 Å². The van der Waals surface area contributed by atoms with Gasteiger partial charge < -0.3 is 10.4 Å². The summed E-state index contributed by atoms with van der Waals surface area (Å²) in [6.45, 7) is 3.70. The van der Waals surface area contributed by atoms with Crippen LogP contribution < -0.4 is 5.32 Å². The van der Waals surface area contributed by atoms with Crippen molar-refractivity contribution in [1.82, 2.24) is 9.78 Å². The number of carboxylic acid groups (broad SMARTS) is 1. The van der Waals surface area contributed by atoms with Crippen LogP contribution in [0, 0.1) is 19.7 Å². The van der Waals surface area contributed by atoms with Crippen molar-refractivity contribution in [3.05, 3.63) is 47.0 Å². The number of aryl methyl sites for hydroxylation is 2. The van der Waals surface area contributed by atoms with Crippen molar-refractivity contribution in [2.75, 3.05) is 5.32 Å². The lowest BCUT2D eigenvalue weighted by molar-refractivity contribution is -0.136. The summed E-state index contributed by atoms with van der Waals surface area (Å²) in [5.41, 5.74) is 2.02. The predicted molar refractivity (Wildman–Crippen MR) is 78.1 cm³/mol. The minimum absolute atomic E-state index is 0.0260. The summed E-state index contributed by atoms with van der Waals surface area (Å²) >= 11 is 0. The number of anilines is 1. The Morgan fingerprint density at radius 3 is 2.59 bits per heavy atom. The number of hydrogen-bond acceptors (Lipinski definition) is 3. The second-order valence-electron chi connectivity index (χ2n) is 5.01. The highest BCUT2D eigenvalue weighted by molar-refractivity contribution is 5.90. The molecule has 0 bridgehead atoms. The molecule has 2 aromatic rings. The van der Waals surface area contributed by atoms with Gasteiger partial charge in [-0.15, -0.1) is 0 Å². The third-order valence-electron chi connectivity index (χ3n) is 3.08. The molecule has 116 valence electrons. The van der Waals surface area contributed by atoms with Gasteiger partial charge in [0.1, 0.15) is 12.4 Å². The van der Waals surface area contributed by atoms with Gasteiger partial charge in [0.2, 0.25) is 5.91 Å². The first-order valence-corrected chi connectivity index (χ1v) is 6.66. The van der Waals surface area contributed by atoms with E-state index in [-0.39, 0.29) is 23.7 Å². The fourth-order valence-electron chi connectivity index (χ4n) is 2.10. The monoisotopic (exact) mass is 305 g/mol. The molecule has 0 radical (unpaired) electrons. The Kier molecular flexibility index (Phi) is 4.55. The van der Waals surface area contributed by atoms with E-state index in [0.29, 0.717) is 0 Å². The number of carbonyl (C=O) groups excluding carboxylic acids is 1. The largest absolute Gasteiger partial charge is 0.481 e. The zero-order valence-corrected chi connectivity index (χ0v) is 12.3. The molecule has 7 heteroatoms. The molecule has 0 saturated carbocycles. The molecule has 0 atom stereocenters. The summed E-state index contributed by atoms with van der Waals surface area (Å²) in [6.07, 6.45) is -0.397. The SMILES string of the molecule is Cc1cc(C)n(CC(=O)Nc2ccc(CC(=O)O)c(F)c2)n1. The maximum atomic E-state index is 13.7. The Bertz CT molecular complexity index is 725. The fourth-order valence-corrected chi connectivity index (χ4v) is 2.10. The van der Waals surface area contributed by atoms with E-state index in [2.05, 4.69) is 10.4 Å². The number of carboxylic acids is 1. The summed E-state index contributed by atoms with van der Waals surface area (Å²) in [6, 6.07) is 5.79. The first kappa shape index (κ1) is 15.7. The van der Waals surface area contributed by atoms with Gasteiger partial charge in [0.25, 0.3) is 0 Å². The summed E-state index contributed by atoms with van der Waals surface area (Å²) in [5, 5.41) is 15.4. The van der Waals surface area contributed by atoms with Crippen molar-refractivity contribution in [3.63, 3.8) is 0 Å². The summed E-state index contributed by atoms with van der Waals surface area (Å²) in [4.78, 5) is 22.5. The maximum Gasteiger partial charge on any atom is 0.307 e. The molecule has 0 fully saturated rings. The molecule has 0 aliphatic heterocycles. The Labute approximate surface area is 126 Å². The van der Waals surface area contributed by atoms with E-state index in [4.69, 9.17) is 5.11 Å². The number of benzene rings is 1. The van der Waals surface area contributed by atoms with E-state index in [1.165, 1.54) is 12.1 Å². The molecule has 0 saturated heterocycles. The van der Waals surface area contributed by atoms with E-state index in [0.717, 1.165) is 17.5 Å². The third-order valence-corrected chi connectivity index (χ3v) is 3.08. The number of hydrogen-bond donors (Lipinski definition) is 2. The van der Waals surface area contributed by atoms with Gasteiger partial charge in [-0.25, -0.2) is 4.39 Å². The normalized spacial score (nSPS) is 10.5. The van der Waals surface area contributed by atoms with Crippen molar-refractivity contribution in [2.24, 2.45) is 0 Å². The summed E-state index contributed by atoms with van der Waals surface area (Å²) < 4.78 is 15.3. The molecule has 0 aliphatic rings. The topological polar surface area (TPSA) is 84.2 Å². The van der Waals surface area contributed by atoms with E-state index in [1.807, 2.05) is 19.9 Å². The number of carbonyl (C=O) groups is 2. The van der Waals surface area contributed by atoms with Crippen LogP contribution in [-0.4, -0.2) is 26.8 Å². The molecule has 2 rings (SSSR count). The molecule has 0 spiro atoms. The number of nitrogens with zero attached hydrogens (tertiary/aromatic N) is 2. The lowest BCUT2D eigenvalue weighted by Gasteiger charge is -2.08. The standard InChI is InChI=1S/C15H16FN3O3/c1-9-5-10(2)19(18-9)8-14(20)17-12-4-3-11(6-15(21)22)13(16)7-12/h3-5,7H,6,8H2,1-2H3,(H,17,20)(H,21,22). The van der Waals surface area contributed by atoms with Crippen LogP contribution in [-0.2, 0) is 22.6 Å². The van der Waals surface area contributed by atoms with Gasteiger partial charge in [0.15, 0.2) is 0 Å². The number of aliphatic carboxylic acids is 1. The summed E-state index contributed by atoms with van der Waals surface area (Å²) in [5.74, 6) is -2.11. The zero-order valence-electron chi connectivity index (χ0n) is 12.3. The van der Waals surface area contributed by atoms with E-state index >= 15 is 0 Å². The molecule has 1 heterocycles. The van der Waals surface area contributed by atoms with Gasteiger partial charge in [0.05, 0.1) is 12.1 Å². The van der Waals surface area contributed by atoms with Gasteiger partial charge >= 0.3 is 5.97 Å². The van der Waals surface area contributed by atoms with Crippen LogP contribution in [0.15, 0.2) is 24.3 Å². The van der Waals surface area contributed by atoms with Gasteiger partial charge in [-0.1, -0.05) is 6.07 Å². The van der Waals surface area contributed by atoms with Crippen LogP contribution in [0.3, 0.4) is 0 Å². The van der Waals surface area contributed by atoms with Crippen LogP contribution >= 0.6 is 0 Å². The lowest BCUT2D eigenvalue weighted by atomic mass is 10.1. The average molecular weight is 305 g/mol. The second-order valence-corrected chi connectivity index (χ2v) is 5.01. The Hall–Kier alpha value is -2.70. The highest BCUT2D eigenvalue weighted by Crippen LogP contribution is 2.15. The van der Waals surface area contributed by atoms with Crippen molar-refractivity contribution >= 4 is 17.6 Å². The highest BCUT2D eigenvalue weighted by Gasteiger charge is 2.11. The Balaban J connectivity index is 2.04. The predicted octanol–water partition coefficient (Wildman–Crippen LogP) is 1.90. The number of aromatic nitrogens is 2. The van der Waals surface area contributed by atoms with Crippen LogP contribution in [0.1, 0.15) is 17.0 Å². The molecule has 1 aromatic heterocycles. The molecule has 22 heavy (non-hydrogen) atoms. The van der Waals surface area contributed by atoms with Crippen molar-refractivity contribution < 1.29 is 19.1 Å². The van der Waals surface area contributed by atoms with Crippen LogP contribution in [0.2, 0.25) is 0 Å². The first-order chi connectivity index (χ1) is 10.3. The quantitative estimate of drug-likeness (QED) is 0.883. The van der Waals surface area contributed by atoms with E-state index < -0.39 is 18.2 Å². The molecule has 2 N–H and O–H groups in total. The number of rotatable bonds is 5. The smallest absolute Gasteiger partial charge is 0.307 e. The van der Waals surface area contributed by atoms with E-state index in [9.17, 15) is 14.0 Å². The molecular weight excluding hydrogens is 289 g/mol. The molecule has 0 unspecified atom stereocenters. The molecular formula is C15H16FN3O3. The minimum atomic E-state index is -1.11. The van der Waals surface area contributed by atoms with Crippen LogP contribution in [0.25, 0.3) is 0 Å². The summed E-state index contributed by atoms with van der Waals surface area (Å²) in [7, 11) is 0. The second kappa shape index (κ2) is 6.38. The zero-order chi connectivity index (χ0) is 16.3. The maximum absolute atomic E-state index is 13.7. The van der Waals surface area contributed by atoms with Crippen molar-refractivity contribution in [3.8, 4) is 0 Å². The Morgan fingerprint density at radius 1 is 1.32 bits per heavy atom. The molecule has 1 aromatic carbocycles. The lowest BCUT2D eigenvalue weighted by Crippen LogP contribution is -2.20. The van der Waals surface area contributed by atoms with Gasteiger partial charge in [-0.05, 0) is 37.6 Å². The fraction of sp³-hybridized carbons (Fsp3) is 0.267. The number of amides is 1. The molecule has 1 amide bonds. The number of halogens is 1. The molecule has 6 nitrogen and oxygen atoms in total. The molecule has 0 aliphatic carbocycles. The Morgan fingerprint density at radius 2 is 2.05 bits per heavy atom. The third kappa shape index (κ3) is 3.91.